The number of carbonyl (C=O) groups is 3. The van der Waals surface area contributed by atoms with E-state index in [-0.39, 0.29) is 30.4 Å². The Morgan fingerprint density at radius 3 is 2.25 bits per heavy atom. The normalized spacial score (nSPS) is 20.2. The fraction of sp³-hybridized carbons (Fsp3) is 0.400. The molecule has 0 aromatic heterocycles. The molecular weight excluding hydrogens is 408 g/mol. The number of carboxylic acids is 1. The number of fused-ring (bicyclic) bond motifs is 3. The van der Waals surface area contributed by atoms with Crippen LogP contribution in [0.4, 0.5) is 4.79 Å². The van der Waals surface area contributed by atoms with Gasteiger partial charge in [0.25, 0.3) is 0 Å². The molecule has 2 aromatic carbocycles. The minimum absolute atomic E-state index is 0.00255. The van der Waals surface area contributed by atoms with Gasteiger partial charge >= 0.3 is 12.1 Å². The lowest BCUT2D eigenvalue weighted by Gasteiger charge is -2.18. The smallest absolute Gasteiger partial charge is 0.407 e. The number of nitrogens with one attached hydrogen (secondary N) is 2. The van der Waals surface area contributed by atoms with Gasteiger partial charge in [-0.3, -0.25) is 4.79 Å². The monoisotopic (exact) mass is 436 g/mol. The minimum Gasteiger partial charge on any atom is -0.480 e. The lowest BCUT2D eigenvalue weighted by Crippen LogP contribution is -2.43. The third kappa shape index (κ3) is 4.47. The second-order valence-corrected chi connectivity index (χ2v) is 8.48. The van der Waals surface area contributed by atoms with E-state index in [2.05, 4.69) is 34.9 Å². The topological polar surface area (TPSA) is 105 Å². The van der Waals surface area contributed by atoms with Crippen molar-refractivity contribution in [1.82, 2.24) is 10.6 Å². The molecule has 0 radical (unpaired) electrons. The van der Waals surface area contributed by atoms with Crippen LogP contribution in [0.2, 0.25) is 0 Å². The van der Waals surface area contributed by atoms with E-state index < -0.39 is 18.1 Å². The van der Waals surface area contributed by atoms with Gasteiger partial charge in [-0.25, -0.2) is 9.59 Å². The standard InChI is InChI=1S/C25H28N2O5/c1-2-22(24(29)30)27-23(28)15-11-12-16(13-15)26-25(31)32-14-21-19-9-5-3-7-17(19)18-8-4-6-10-20(18)21/h3-10,15-16,21-22H,2,11-14H2,1H3,(H,26,31)(H,27,28)(H,29,30)/t15?,16?,22-/m0/s1. The van der Waals surface area contributed by atoms with E-state index in [9.17, 15) is 14.4 Å². The van der Waals surface area contributed by atoms with Crippen LogP contribution < -0.4 is 10.6 Å². The molecule has 0 spiro atoms. The third-order valence-electron chi connectivity index (χ3n) is 6.49. The van der Waals surface area contributed by atoms with E-state index in [1.807, 2.05) is 24.3 Å². The predicted molar refractivity (Wildman–Crippen MR) is 119 cm³/mol. The van der Waals surface area contributed by atoms with Crippen molar-refractivity contribution in [3.8, 4) is 11.1 Å². The quantitative estimate of drug-likeness (QED) is 0.614. The van der Waals surface area contributed by atoms with Crippen molar-refractivity contribution in [3.05, 3.63) is 59.7 Å². The number of carbonyl (C=O) groups excluding carboxylic acids is 2. The lowest BCUT2D eigenvalue weighted by atomic mass is 9.98. The fourth-order valence-corrected chi connectivity index (χ4v) is 4.79. The van der Waals surface area contributed by atoms with Crippen LogP contribution in [0.1, 0.15) is 49.7 Å². The Labute approximate surface area is 187 Å². The van der Waals surface area contributed by atoms with Gasteiger partial charge < -0.3 is 20.5 Å². The molecule has 1 saturated carbocycles. The maximum absolute atomic E-state index is 12.5. The minimum atomic E-state index is -1.04. The summed E-state index contributed by atoms with van der Waals surface area (Å²) in [5.41, 5.74) is 4.66. The predicted octanol–water partition coefficient (Wildman–Crippen LogP) is 3.67. The van der Waals surface area contributed by atoms with Crippen LogP contribution >= 0.6 is 0 Å². The van der Waals surface area contributed by atoms with Crippen molar-refractivity contribution in [3.63, 3.8) is 0 Å². The van der Waals surface area contributed by atoms with Gasteiger partial charge in [0, 0.05) is 17.9 Å². The third-order valence-corrected chi connectivity index (χ3v) is 6.49. The summed E-state index contributed by atoms with van der Waals surface area (Å²) in [7, 11) is 0. The van der Waals surface area contributed by atoms with Crippen LogP contribution in [-0.4, -0.2) is 41.8 Å². The summed E-state index contributed by atoms with van der Waals surface area (Å²) >= 11 is 0. The molecule has 32 heavy (non-hydrogen) atoms. The molecule has 0 saturated heterocycles. The van der Waals surface area contributed by atoms with Crippen molar-refractivity contribution in [1.29, 1.82) is 0 Å². The number of hydrogen-bond acceptors (Lipinski definition) is 4. The molecule has 168 valence electrons. The van der Waals surface area contributed by atoms with Crippen molar-refractivity contribution in [2.24, 2.45) is 5.92 Å². The molecule has 1 fully saturated rings. The molecule has 0 heterocycles. The lowest BCUT2D eigenvalue weighted by molar-refractivity contribution is -0.142. The first-order valence-corrected chi connectivity index (χ1v) is 11.1. The number of ether oxygens (including phenoxy) is 1. The van der Waals surface area contributed by atoms with Crippen molar-refractivity contribution in [2.45, 2.75) is 50.6 Å². The van der Waals surface area contributed by atoms with Crippen LogP contribution in [0.25, 0.3) is 11.1 Å². The highest BCUT2D eigenvalue weighted by Crippen LogP contribution is 2.44. The largest absolute Gasteiger partial charge is 0.480 e. The highest BCUT2D eigenvalue weighted by atomic mass is 16.5. The molecule has 3 N–H and O–H groups in total. The zero-order valence-electron chi connectivity index (χ0n) is 18.0. The van der Waals surface area contributed by atoms with Crippen LogP contribution in [0.15, 0.2) is 48.5 Å². The van der Waals surface area contributed by atoms with E-state index in [4.69, 9.17) is 9.84 Å². The van der Waals surface area contributed by atoms with E-state index in [0.29, 0.717) is 25.7 Å². The van der Waals surface area contributed by atoms with Gasteiger partial charge in [-0.05, 0) is 47.9 Å². The number of aliphatic carboxylic acids is 1. The molecule has 4 rings (SSSR count). The number of alkyl carbamates (subject to hydrolysis) is 1. The maximum atomic E-state index is 12.5. The zero-order chi connectivity index (χ0) is 22.7. The Bertz CT molecular complexity index is 975. The Hall–Kier alpha value is -3.35. The summed E-state index contributed by atoms with van der Waals surface area (Å²) in [5.74, 6) is -1.61. The van der Waals surface area contributed by atoms with Gasteiger partial charge in [0.05, 0.1) is 0 Å². The first kappa shape index (κ1) is 21.9. The molecule has 0 aliphatic heterocycles. The number of hydrogen-bond donors (Lipinski definition) is 3. The number of carboxylic acid groups (broad SMARTS) is 1. The number of amides is 2. The van der Waals surface area contributed by atoms with Crippen LogP contribution in [-0.2, 0) is 14.3 Å². The molecule has 7 nitrogen and oxygen atoms in total. The highest BCUT2D eigenvalue weighted by Gasteiger charge is 2.33. The van der Waals surface area contributed by atoms with Gasteiger partial charge in [-0.1, -0.05) is 55.5 Å². The summed E-state index contributed by atoms with van der Waals surface area (Å²) in [6.07, 6.45) is 1.58. The van der Waals surface area contributed by atoms with Gasteiger partial charge in [0.1, 0.15) is 12.6 Å². The van der Waals surface area contributed by atoms with E-state index in [0.717, 1.165) is 11.1 Å². The number of rotatable bonds is 7. The maximum Gasteiger partial charge on any atom is 0.407 e. The van der Waals surface area contributed by atoms with Gasteiger partial charge in [-0.2, -0.15) is 0 Å². The summed E-state index contributed by atoms with van der Waals surface area (Å²) in [6, 6.07) is 15.3. The van der Waals surface area contributed by atoms with E-state index in [1.54, 1.807) is 6.92 Å². The summed E-state index contributed by atoms with van der Waals surface area (Å²) in [4.78, 5) is 36.0. The molecule has 2 amide bonds. The first-order valence-electron chi connectivity index (χ1n) is 11.1. The number of benzene rings is 2. The van der Waals surface area contributed by atoms with Gasteiger partial charge in [0.2, 0.25) is 5.91 Å². The SMILES string of the molecule is CC[C@H](NC(=O)C1CCC(NC(=O)OCC2c3ccccc3-c3ccccc32)C1)C(=O)O. The summed E-state index contributed by atoms with van der Waals surface area (Å²) < 4.78 is 5.58. The molecule has 7 heteroatoms. The summed E-state index contributed by atoms with van der Waals surface area (Å²) in [6.45, 7) is 1.96. The van der Waals surface area contributed by atoms with Gasteiger partial charge in [-0.15, -0.1) is 0 Å². The Kier molecular flexibility index (Phi) is 6.44. The average Bonchev–Trinajstić information content (AvgIpc) is 3.38. The molecule has 0 bridgehead atoms. The molecule has 2 aliphatic rings. The second kappa shape index (κ2) is 9.42. The zero-order valence-corrected chi connectivity index (χ0v) is 18.0. The van der Waals surface area contributed by atoms with Crippen molar-refractivity contribution in [2.75, 3.05) is 6.61 Å². The molecule has 3 atom stereocenters. The molecule has 2 unspecified atom stereocenters. The average molecular weight is 437 g/mol. The van der Waals surface area contributed by atoms with Crippen LogP contribution in [0.5, 0.6) is 0 Å². The summed E-state index contributed by atoms with van der Waals surface area (Å²) in [5, 5.41) is 14.6. The molecular formula is C25H28N2O5. The Morgan fingerprint density at radius 1 is 1.03 bits per heavy atom. The first-order chi connectivity index (χ1) is 15.5. The Balaban J connectivity index is 1.30. The van der Waals surface area contributed by atoms with Crippen molar-refractivity contribution < 1.29 is 24.2 Å². The second-order valence-electron chi connectivity index (χ2n) is 8.48. The molecule has 2 aliphatic carbocycles. The van der Waals surface area contributed by atoms with Crippen LogP contribution in [0.3, 0.4) is 0 Å². The fourth-order valence-electron chi connectivity index (χ4n) is 4.79. The highest BCUT2D eigenvalue weighted by molar-refractivity contribution is 5.85. The van der Waals surface area contributed by atoms with Gasteiger partial charge in [0.15, 0.2) is 0 Å². The van der Waals surface area contributed by atoms with Crippen molar-refractivity contribution >= 4 is 18.0 Å². The van der Waals surface area contributed by atoms with E-state index >= 15 is 0 Å². The van der Waals surface area contributed by atoms with Crippen LogP contribution in [0, 0.1) is 5.92 Å². The molecule has 2 aromatic rings. The van der Waals surface area contributed by atoms with E-state index in [1.165, 1.54) is 11.1 Å². The Morgan fingerprint density at radius 2 is 1.66 bits per heavy atom.